The summed E-state index contributed by atoms with van der Waals surface area (Å²) in [7, 11) is 0. The lowest BCUT2D eigenvalue weighted by atomic mass is 10.1. The van der Waals surface area contributed by atoms with Gasteiger partial charge in [-0.1, -0.05) is 15.9 Å². The Labute approximate surface area is 122 Å². The first-order valence-corrected chi connectivity index (χ1v) is 6.56. The molecule has 8 heteroatoms. The molecular weight excluding hydrogens is 331 g/mol. The van der Waals surface area contributed by atoms with Crippen molar-refractivity contribution in [2.24, 2.45) is 0 Å². The predicted octanol–water partition coefficient (Wildman–Crippen LogP) is 1.44. The van der Waals surface area contributed by atoms with Crippen molar-refractivity contribution >= 4 is 21.8 Å². The first-order chi connectivity index (χ1) is 9.52. The third kappa shape index (κ3) is 3.02. The Balaban J connectivity index is 2.11. The maximum atomic E-state index is 13.7. The van der Waals surface area contributed by atoms with Crippen LogP contribution >= 0.6 is 15.9 Å². The number of aliphatic hydroxyl groups excluding tert-OH is 1. The summed E-state index contributed by atoms with van der Waals surface area (Å²) in [6, 6.07) is 2.77. The molecule has 0 saturated carbocycles. The smallest absolute Gasteiger partial charge is 0.254 e. The zero-order chi connectivity index (χ0) is 14.7. The number of aliphatic hydroxyl groups is 1. The SMILES string of the molecule is Cc1c(Br)ccc(F)c1C(=O)NCc1nc(CO)n[nH]1. The number of rotatable bonds is 4. The van der Waals surface area contributed by atoms with Crippen molar-refractivity contribution in [3.05, 3.63) is 45.2 Å². The Kier molecular flexibility index (Phi) is 4.46. The number of nitrogens with zero attached hydrogens (tertiary/aromatic N) is 2. The first-order valence-electron chi connectivity index (χ1n) is 5.76. The molecule has 2 aromatic rings. The van der Waals surface area contributed by atoms with Crippen LogP contribution in [0, 0.1) is 12.7 Å². The Morgan fingerprint density at radius 3 is 2.95 bits per heavy atom. The lowest BCUT2D eigenvalue weighted by Gasteiger charge is -2.09. The van der Waals surface area contributed by atoms with E-state index < -0.39 is 11.7 Å². The highest BCUT2D eigenvalue weighted by molar-refractivity contribution is 9.10. The van der Waals surface area contributed by atoms with Crippen molar-refractivity contribution in [1.29, 1.82) is 0 Å². The van der Waals surface area contributed by atoms with Crippen LogP contribution in [0.3, 0.4) is 0 Å². The van der Waals surface area contributed by atoms with E-state index in [1.54, 1.807) is 13.0 Å². The lowest BCUT2D eigenvalue weighted by molar-refractivity contribution is 0.0945. The number of hydrogen-bond donors (Lipinski definition) is 3. The summed E-state index contributed by atoms with van der Waals surface area (Å²) >= 11 is 3.25. The monoisotopic (exact) mass is 342 g/mol. The van der Waals surface area contributed by atoms with Crippen LogP contribution in [0.4, 0.5) is 4.39 Å². The summed E-state index contributed by atoms with van der Waals surface area (Å²) in [4.78, 5) is 15.9. The van der Waals surface area contributed by atoms with E-state index in [4.69, 9.17) is 5.11 Å². The molecule has 20 heavy (non-hydrogen) atoms. The fourth-order valence-electron chi connectivity index (χ4n) is 1.67. The summed E-state index contributed by atoms with van der Waals surface area (Å²) < 4.78 is 14.4. The van der Waals surface area contributed by atoms with Gasteiger partial charge < -0.3 is 10.4 Å². The number of nitrogens with one attached hydrogen (secondary N) is 2. The molecule has 106 valence electrons. The van der Waals surface area contributed by atoms with E-state index in [0.29, 0.717) is 15.9 Å². The molecule has 0 aliphatic heterocycles. The summed E-state index contributed by atoms with van der Waals surface area (Å²) in [5.74, 6) is -0.505. The molecule has 1 heterocycles. The van der Waals surface area contributed by atoms with Gasteiger partial charge in [0.2, 0.25) is 0 Å². The minimum atomic E-state index is -0.586. The van der Waals surface area contributed by atoms with Crippen molar-refractivity contribution in [3.63, 3.8) is 0 Å². The summed E-state index contributed by atoms with van der Waals surface area (Å²) in [5.41, 5.74) is 0.511. The number of hydrogen-bond acceptors (Lipinski definition) is 4. The van der Waals surface area contributed by atoms with Crippen molar-refractivity contribution in [1.82, 2.24) is 20.5 Å². The van der Waals surface area contributed by atoms with E-state index in [-0.39, 0.29) is 24.5 Å². The van der Waals surface area contributed by atoms with Crippen LogP contribution in [0.2, 0.25) is 0 Å². The fraction of sp³-hybridized carbons (Fsp3) is 0.250. The van der Waals surface area contributed by atoms with E-state index in [9.17, 15) is 9.18 Å². The second-order valence-electron chi connectivity index (χ2n) is 4.07. The minimum absolute atomic E-state index is 0.0127. The summed E-state index contributed by atoms with van der Waals surface area (Å²) in [6.07, 6.45) is 0. The van der Waals surface area contributed by atoms with Crippen LogP contribution in [0.15, 0.2) is 16.6 Å². The zero-order valence-corrected chi connectivity index (χ0v) is 12.2. The molecule has 0 spiro atoms. The normalized spacial score (nSPS) is 10.6. The van der Waals surface area contributed by atoms with E-state index in [0.717, 1.165) is 0 Å². The lowest BCUT2D eigenvalue weighted by Crippen LogP contribution is -2.25. The van der Waals surface area contributed by atoms with Gasteiger partial charge in [0.25, 0.3) is 5.91 Å². The molecule has 0 unspecified atom stereocenters. The quantitative estimate of drug-likeness (QED) is 0.783. The van der Waals surface area contributed by atoms with Crippen molar-refractivity contribution < 1.29 is 14.3 Å². The molecule has 1 amide bonds. The van der Waals surface area contributed by atoms with Crippen LogP contribution < -0.4 is 5.32 Å². The van der Waals surface area contributed by atoms with E-state index >= 15 is 0 Å². The number of carbonyl (C=O) groups is 1. The van der Waals surface area contributed by atoms with Crippen LogP contribution in [-0.4, -0.2) is 26.2 Å². The number of halogens is 2. The Morgan fingerprint density at radius 2 is 2.30 bits per heavy atom. The molecule has 0 bridgehead atoms. The van der Waals surface area contributed by atoms with E-state index in [1.807, 2.05) is 0 Å². The van der Waals surface area contributed by atoms with Crippen LogP contribution in [-0.2, 0) is 13.2 Å². The predicted molar refractivity (Wildman–Crippen MR) is 72.3 cm³/mol. The number of carbonyl (C=O) groups excluding carboxylic acids is 1. The molecule has 0 saturated heterocycles. The Hall–Kier alpha value is -1.80. The van der Waals surface area contributed by atoms with Gasteiger partial charge in [0, 0.05) is 4.47 Å². The summed E-state index contributed by atoms with van der Waals surface area (Å²) in [5, 5.41) is 17.6. The first kappa shape index (κ1) is 14.6. The van der Waals surface area contributed by atoms with Gasteiger partial charge in [-0.25, -0.2) is 9.37 Å². The molecule has 0 atom stereocenters. The maximum Gasteiger partial charge on any atom is 0.254 e. The van der Waals surface area contributed by atoms with E-state index in [2.05, 4.69) is 36.4 Å². The highest BCUT2D eigenvalue weighted by Crippen LogP contribution is 2.22. The fourth-order valence-corrected chi connectivity index (χ4v) is 2.00. The number of amides is 1. The van der Waals surface area contributed by atoms with Gasteiger partial charge in [0.1, 0.15) is 18.2 Å². The molecule has 3 N–H and O–H groups in total. The average Bonchev–Trinajstić information content (AvgIpc) is 2.89. The van der Waals surface area contributed by atoms with Crippen molar-refractivity contribution in [3.8, 4) is 0 Å². The molecular formula is C12H12BrFN4O2. The number of benzene rings is 1. The third-order valence-electron chi connectivity index (χ3n) is 2.71. The highest BCUT2D eigenvalue weighted by Gasteiger charge is 2.16. The largest absolute Gasteiger partial charge is 0.388 e. The number of H-pyrrole nitrogens is 1. The third-order valence-corrected chi connectivity index (χ3v) is 3.57. The molecule has 0 radical (unpaired) electrons. The van der Waals surface area contributed by atoms with E-state index in [1.165, 1.54) is 6.07 Å². The molecule has 1 aromatic carbocycles. The van der Waals surface area contributed by atoms with Gasteiger partial charge >= 0.3 is 0 Å². The van der Waals surface area contributed by atoms with Gasteiger partial charge in [-0.2, -0.15) is 5.10 Å². The number of aromatic amines is 1. The Morgan fingerprint density at radius 1 is 1.55 bits per heavy atom. The topological polar surface area (TPSA) is 90.9 Å². The minimum Gasteiger partial charge on any atom is -0.388 e. The molecule has 0 fully saturated rings. The molecule has 0 aliphatic rings. The van der Waals surface area contributed by atoms with Crippen LogP contribution in [0.25, 0.3) is 0 Å². The highest BCUT2D eigenvalue weighted by atomic mass is 79.9. The van der Waals surface area contributed by atoms with Gasteiger partial charge in [-0.05, 0) is 24.6 Å². The average molecular weight is 343 g/mol. The van der Waals surface area contributed by atoms with Gasteiger partial charge in [-0.3, -0.25) is 9.89 Å². The Bertz CT molecular complexity index is 644. The van der Waals surface area contributed by atoms with Gasteiger partial charge in [0.05, 0.1) is 12.1 Å². The zero-order valence-electron chi connectivity index (χ0n) is 10.6. The molecule has 0 aliphatic carbocycles. The molecule has 1 aromatic heterocycles. The van der Waals surface area contributed by atoms with Crippen molar-refractivity contribution in [2.45, 2.75) is 20.1 Å². The van der Waals surface area contributed by atoms with Crippen molar-refractivity contribution in [2.75, 3.05) is 0 Å². The van der Waals surface area contributed by atoms with Gasteiger partial charge in [-0.15, -0.1) is 0 Å². The maximum absolute atomic E-state index is 13.7. The molecule has 6 nitrogen and oxygen atoms in total. The second-order valence-corrected chi connectivity index (χ2v) is 4.92. The second kappa shape index (κ2) is 6.10. The van der Waals surface area contributed by atoms with Crippen LogP contribution in [0.5, 0.6) is 0 Å². The van der Waals surface area contributed by atoms with Gasteiger partial charge in [0.15, 0.2) is 5.82 Å². The number of aromatic nitrogens is 3. The molecule has 2 rings (SSSR count). The summed E-state index contributed by atoms with van der Waals surface area (Å²) in [6.45, 7) is 1.43. The van der Waals surface area contributed by atoms with Crippen LogP contribution in [0.1, 0.15) is 27.6 Å². The standard InChI is InChI=1S/C12H12BrFN4O2/c1-6-7(13)2-3-8(14)11(6)12(20)15-4-9-16-10(5-19)18-17-9/h2-3,19H,4-5H2,1H3,(H,15,20)(H,16,17,18).